The highest BCUT2D eigenvalue weighted by Crippen LogP contribution is 2.24. The van der Waals surface area contributed by atoms with E-state index >= 15 is 0 Å². The van der Waals surface area contributed by atoms with Gasteiger partial charge in [0.15, 0.2) is 0 Å². The molecule has 0 aromatic heterocycles. The van der Waals surface area contributed by atoms with Crippen LogP contribution in [-0.4, -0.2) is 30.6 Å². The Morgan fingerprint density at radius 2 is 2.06 bits per heavy atom. The van der Waals surface area contributed by atoms with Crippen LogP contribution in [0.4, 0.5) is 0 Å². The van der Waals surface area contributed by atoms with Crippen LogP contribution >= 0.6 is 0 Å². The zero-order valence-corrected chi connectivity index (χ0v) is 10.4. The highest BCUT2D eigenvalue weighted by Gasteiger charge is 2.18. The van der Waals surface area contributed by atoms with Crippen LogP contribution in [0.25, 0.3) is 0 Å². The van der Waals surface area contributed by atoms with Gasteiger partial charge in [-0.05, 0) is 25.2 Å². The molecule has 1 aliphatic carbocycles. The third kappa shape index (κ3) is 5.37. The Bertz CT molecular complexity index is 300. The van der Waals surface area contributed by atoms with Gasteiger partial charge in [0.2, 0.25) is 5.78 Å². The summed E-state index contributed by atoms with van der Waals surface area (Å²) in [4.78, 5) is 37.9. The Morgan fingerprint density at radius 3 is 2.67 bits per heavy atom. The Labute approximate surface area is 106 Å². The minimum Gasteiger partial charge on any atom is -0.322 e. The molecule has 0 radical (unpaired) electrons. The average Bonchev–Trinajstić information content (AvgIpc) is 2.88. The second kappa shape index (κ2) is 7.94. The molecule has 0 saturated heterocycles. The van der Waals surface area contributed by atoms with E-state index in [2.05, 4.69) is 5.48 Å². The summed E-state index contributed by atoms with van der Waals surface area (Å²) < 4.78 is 0. The van der Waals surface area contributed by atoms with E-state index in [4.69, 9.17) is 10.6 Å². The minimum absolute atomic E-state index is 0.0431. The molecule has 1 saturated carbocycles. The molecule has 0 aromatic rings. The van der Waals surface area contributed by atoms with Crippen molar-refractivity contribution in [1.29, 1.82) is 0 Å². The maximum atomic E-state index is 11.3. The zero-order chi connectivity index (χ0) is 13.4. The van der Waals surface area contributed by atoms with Gasteiger partial charge in [-0.15, -0.1) is 0 Å². The summed E-state index contributed by atoms with van der Waals surface area (Å²) in [7, 11) is 0. The summed E-state index contributed by atoms with van der Waals surface area (Å²) in [5.74, 6) is -0.909. The van der Waals surface area contributed by atoms with E-state index in [-0.39, 0.29) is 12.8 Å². The quantitative estimate of drug-likeness (QED) is 0.364. The van der Waals surface area contributed by atoms with E-state index in [1.54, 1.807) is 0 Å². The van der Waals surface area contributed by atoms with Gasteiger partial charge in [0, 0.05) is 6.42 Å². The number of nitrogens with one attached hydrogen (secondary N) is 1. The lowest BCUT2D eigenvalue weighted by atomic mass is 10.1. The number of hydroxylamine groups is 1. The fourth-order valence-electron chi connectivity index (χ4n) is 1.94. The third-order valence-corrected chi connectivity index (χ3v) is 3.09. The topological polar surface area (TPSA) is 98.5 Å². The number of aldehydes is 1. The van der Waals surface area contributed by atoms with Crippen molar-refractivity contribution in [2.24, 2.45) is 11.7 Å². The monoisotopic (exact) mass is 256 g/mol. The van der Waals surface area contributed by atoms with Gasteiger partial charge in [-0.2, -0.15) is 0 Å². The van der Waals surface area contributed by atoms with Gasteiger partial charge in [0.1, 0.15) is 6.29 Å². The van der Waals surface area contributed by atoms with Crippen molar-refractivity contribution in [2.75, 3.05) is 6.61 Å². The molecule has 0 bridgehead atoms. The first-order chi connectivity index (χ1) is 8.63. The molecule has 0 heterocycles. The van der Waals surface area contributed by atoms with Crippen LogP contribution in [0.3, 0.4) is 0 Å². The van der Waals surface area contributed by atoms with Gasteiger partial charge >= 0.3 is 5.91 Å². The number of rotatable bonds is 8. The summed E-state index contributed by atoms with van der Waals surface area (Å²) in [6, 6.07) is -0.693. The van der Waals surface area contributed by atoms with E-state index in [0.29, 0.717) is 18.8 Å². The summed E-state index contributed by atoms with van der Waals surface area (Å²) >= 11 is 0. The number of ketones is 1. The maximum absolute atomic E-state index is 11.3. The molecule has 102 valence electrons. The largest absolute Gasteiger partial charge is 0.322 e. The van der Waals surface area contributed by atoms with Crippen molar-refractivity contribution >= 4 is 18.0 Å². The molecule has 1 atom stereocenters. The Balaban J connectivity index is 2.11. The van der Waals surface area contributed by atoms with Crippen LogP contribution in [0, 0.1) is 5.92 Å². The molecule has 6 nitrogen and oxygen atoms in total. The first kappa shape index (κ1) is 14.8. The highest BCUT2D eigenvalue weighted by molar-refractivity contribution is 6.35. The number of Topliss-reactive ketones (excluding diaryl/α,β-unsaturated/α-hetero) is 1. The number of carbonyl (C=O) groups is 3. The summed E-state index contributed by atoms with van der Waals surface area (Å²) in [5, 5.41) is 0. The first-order valence-corrected chi connectivity index (χ1v) is 6.29. The van der Waals surface area contributed by atoms with E-state index in [1.807, 2.05) is 0 Å². The molecule has 0 unspecified atom stereocenters. The second-order valence-electron chi connectivity index (χ2n) is 4.65. The van der Waals surface area contributed by atoms with Crippen LogP contribution in [0.15, 0.2) is 0 Å². The van der Waals surface area contributed by atoms with Crippen molar-refractivity contribution in [3.05, 3.63) is 0 Å². The molecule has 18 heavy (non-hydrogen) atoms. The molecule has 1 fully saturated rings. The van der Waals surface area contributed by atoms with E-state index in [0.717, 1.165) is 12.8 Å². The van der Waals surface area contributed by atoms with Gasteiger partial charge in [-0.3, -0.25) is 14.4 Å². The van der Waals surface area contributed by atoms with Gasteiger partial charge < -0.3 is 10.5 Å². The molecule has 1 amide bonds. The lowest BCUT2D eigenvalue weighted by molar-refractivity contribution is -0.146. The molecule has 1 rings (SSSR count). The Hall–Kier alpha value is -1.27. The molecule has 0 aromatic carbocycles. The number of amides is 1. The van der Waals surface area contributed by atoms with Gasteiger partial charge in [-0.1, -0.05) is 12.8 Å². The third-order valence-electron chi connectivity index (χ3n) is 3.09. The molecule has 0 spiro atoms. The van der Waals surface area contributed by atoms with Gasteiger partial charge in [0.25, 0.3) is 0 Å². The van der Waals surface area contributed by atoms with Crippen molar-refractivity contribution in [3.63, 3.8) is 0 Å². The summed E-state index contributed by atoms with van der Waals surface area (Å²) in [6.07, 6.45) is 5.31. The van der Waals surface area contributed by atoms with Gasteiger partial charge in [0.05, 0.1) is 12.6 Å². The minimum atomic E-state index is -0.772. The molecule has 0 aliphatic heterocycles. The van der Waals surface area contributed by atoms with Crippen LogP contribution in [0.5, 0.6) is 0 Å². The number of nitrogens with two attached hydrogens (primary N) is 1. The fraction of sp³-hybridized carbons (Fsp3) is 0.750. The molecule has 1 aliphatic rings. The second-order valence-corrected chi connectivity index (χ2v) is 4.65. The van der Waals surface area contributed by atoms with Crippen molar-refractivity contribution in [2.45, 2.75) is 44.6 Å². The number of hydrogen-bond acceptors (Lipinski definition) is 5. The molecule has 6 heteroatoms. The van der Waals surface area contributed by atoms with Crippen LogP contribution in [-0.2, 0) is 19.2 Å². The number of hydrogen-bond donors (Lipinski definition) is 2. The summed E-state index contributed by atoms with van der Waals surface area (Å²) in [5.41, 5.74) is 7.45. The lowest BCUT2D eigenvalue weighted by Gasteiger charge is -2.09. The standard InChI is InChI=1S/C12H20N2O4/c13-10(7-15)5-6-11(16)12(17)14-18-8-9-3-1-2-4-9/h7,9-10H,1-6,8,13H2,(H,14,17)/t10-/m0/s1. The molecule has 3 N–H and O–H groups in total. The van der Waals surface area contributed by atoms with Gasteiger partial charge in [-0.25, -0.2) is 5.48 Å². The average molecular weight is 256 g/mol. The Morgan fingerprint density at radius 1 is 1.39 bits per heavy atom. The van der Waals surface area contributed by atoms with Crippen LogP contribution in [0.2, 0.25) is 0 Å². The van der Waals surface area contributed by atoms with Crippen LogP contribution in [0.1, 0.15) is 38.5 Å². The number of carbonyl (C=O) groups excluding carboxylic acids is 3. The lowest BCUT2D eigenvalue weighted by Crippen LogP contribution is -2.33. The van der Waals surface area contributed by atoms with E-state index < -0.39 is 17.7 Å². The van der Waals surface area contributed by atoms with Crippen molar-refractivity contribution in [1.82, 2.24) is 5.48 Å². The maximum Gasteiger partial charge on any atom is 0.310 e. The predicted molar refractivity (Wildman–Crippen MR) is 64.3 cm³/mol. The van der Waals surface area contributed by atoms with Crippen molar-refractivity contribution < 1.29 is 19.2 Å². The fourth-order valence-corrected chi connectivity index (χ4v) is 1.94. The molecular weight excluding hydrogens is 236 g/mol. The normalized spacial score (nSPS) is 17.4. The first-order valence-electron chi connectivity index (χ1n) is 6.29. The van der Waals surface area contributed by atoms with E-state index in [1.165, 1.54) is 12.8 Å². The van der Waals surface area contributed by atoms with Crippen molar-refractivity contribution in [3.8, 4) is 0 Å². The highest BCUT2D eigenvalue weighted by atomic mass is 16.7. The SMILES string of the molecule is N[C@H](C=O)CCC(=O)C(=O)NOCC1CCCC1. The van der Waals surface area contributed by atoms with Crippen LogP contribution < -0.4 is 11.2 Å². The molecular formula is C12H20N2O4. The Kier molecular flexibility index (Phi) is 6.53. The smallest absolute Gasteiger partial charge is 0.310 e. The van der Waals surface area contributed by atoms with E-state index in [9.17, 15) is 14.4 Å². The predicted octanol–water partition coefficient (Wildman–Crippen LogP) is 0.0999. The zero-order valence-electron chi connectivity index (χ0n) is 10.4. The summed E-state index contributed by atoms with van der Waals surface area (Å²) in [6.45, 7) is 0.451.